The Hall–Kier alpha value is -1.15. The predicted octanol–water partition coefficient (Wildman–Crippen LogP) is 1.60. The molecule has 0 aliphatic rings. The quantitative estimate of drug-likeness (QED) is 0.372. The minimum Gasteiger partial charge on any atom is -0.481 e. The van der Waals surface area contributed by atoms with Gasteiger partial charge in [0.25, 0.3) is 0 Å². The maximum Gasteiger partial charge on any atom is 0.303 e. The highest BCUT2D eigenvalue weighted by atomic mass is 16.4. The number of hydrogen-bond donors (Lipinski definition) is 1. The SMILES string of the molecule is CC(CCCN=C=O)CCC(=O)O. The van der Waals surface area contributed by atoms with Gasteiger partial charge in [-0.1, -0.05) is 6.92 Å². The smallest absolute Gasteiger partial charge is 0.303 e. The zero-order chi connectivity index (χ0) is 10.1. The summed E-state index contributed by atoms with van der Waals surface area (Å²) < 4.78 is 0. The summed E-state index contributed by atoms with van der Waals surface area (Å²) in [6, 6.07) is 0. The zero-order valence-electron chi connectivity index (χ0n) is 7.82. The van der Waals surface area contributed by atoms with E-state index in [4.69, 9.17) is 5.11 Å². The van der Waals surface area contributed by atoms with E-state index >= 15 is 0 Å². The zero-order valence-corrected chi connectivity index (χ0v) is 7.82. The molecule has 0 aromatic rings. The van der Waals surface area contributed by atoms with E-state index in [-0.39, 0.29) is 6.42 Å². The fourth-order valence-corrected chi connectivity index (χ4v) is 1.08. The highest BCUT2D eigenvalue weighted by Crippen LogP contribution is 2.12. The maximum absolute atomic E-state index is 10.2. The van der Waals surface area contributed by atoms with Crippen LogP contribution >= 0.6 is 0 Å². The fourth-order valence-electron chi connectivity index (χ4n) is 1.08. The number of carboxylic acid groups (broad SMARTS) is 1. The summed E-state index contributed by atoms with van der Waals surface area (Å²) in [5, 5.41) is 8.40. The van der Waals surface area contributed by atoms with Gasteiger partial charge in [0.05, 0.1) is 6.54 Å². The maximum atomic E-state index is 10.2. The van der Waals surface area contributed by atoms with Gasteiger partial charge in [-0.05, 0) is 25.2 Å². The molecule has 0 aliphatic carbocycles. The molecule has 0 saturated carbocycles. The van der Waals surface area contributed by atoms with Gasteiger partial charge in [0.15, 0.2) is 0 Å². The summed E-state index contributed by atoms with van der Waals surface area (Å²) in [6.45, 7) is 2.51. The third-order valence-corrected chi connectivity index (χ3v) is 1.88. The lowest BCUT2D eigenvalue weighted by atomic mass is 10.00. The molecule has 1 N–H and O–H groups in total. The Morgan fingerprint density at radius 3 is 2.77 bits per heavy atom. The van der Waals surface area contributed by atoms with E-state index in [9.17, 15) is 9.59 Å². The van der Waals surface area contributed by atoms with Crippen LogP contribution in [0.15, 0.2) is 4.99 Å². The summed E-state index contributed by atoms with van der Waals surface area (Å²) in [5.41, 5.74) is 0. The molecule has 74 valence electrons. The van der Waals surface area contributed by atoms with Gasteiger partial charge in [-0.25, -0.2) is 9.79 Å². The second-order valence-electron chi connectivity index (χ2n) is 3.15. The van der Waals surface area contributed by atoms with E-state index in [1.807, 2.05) is 6.92 Å². The van der Waals surface area contributed by atoms with E-state index < -0.39 is 5.97 Å². The van der Waals surface area contributed by atoms with Crippen LogP contribution in [0.4, 0.5) is 0 Å². The Morgan fingerprint density at radius 1 is 1.54 bits per heavy atom. The Kier molecular flexibility index (Phi) is 6.83. The first-order valence-electron chi connectivity index (χ1n) is 4.42. The molecule has 0 aromatic heterocycles. The van der Waals surface area contributed by atoms with Crippen molar-refractivity contribution >= 4 is 12.0 Å². The van der Waals surface area contributed by atoms with Crippen molar-refractivity contribution in [1.29, 1.82) is 0 Å². The Morgan fingerprint density at radius 2 is 2.23 bits per heavy atom. The van der Waals surface area contributed by atoms with E-state index in [0.717, 1.165) is 12.8 Å². The minimum absolute atomic E-state index is 0.220. The number of carbonyl (C=O) groups is 1. The van der Waals surface area contributed by atoms with Crippen molar-refractivity contribution in [1.82, 2.24) is 0 Å². The molecule has 0 bridgehead atoms. The van der Waals surface area contributed by atoms with Crippen LogP contribution in [0.25, 0.3) is 0 Å². The first-order valence-corrected chi connectivity index (χ1v) is 4.42. The van der Waals surface area contributed by atoms with Gasteiger partial charge in [-0.2, -0.15) is 0 Å². The summed E-state index contributed by atoms with van der Waals surface area (Å²) in [4.78, 5) is 23.3. The highest BCUT2D eigenvalue weighted by Gasteiger charge is 2.04. The van der Waals surface area contributed by atoms with E-state index in [0.29, 0.717) is 18.9 Å². The Labute approximate surface area is 77.7 Å². The van der Waals surface area contributed by atoms with Gasteiger partial charge >= 0.3 is 5.97 Å². The Balaban J connectivity index is 3.34. The lowest BCUT2D eigenvalue weighted by Gasteiger charge is -2.07. The second kappa shape index (κ2) is 7.50. The third-order valence-electron chi connectivity index (χ3n) is 1.88. The summed E-state index contributed by atoms with van der Waals surface area (Å²) in [6.07, 6.45) is 4.13. The van der Waals surface area contributed by atoms with E-state index in [1.165, 1.54) is 6.08 Å². The second-order valence-corrected chi connectivity index (χ2v) is 3.15. The molecule has 0 rings (SSSR count). The molecule has 1 unspecified atom stereocenters. The Bertz CT molecular complexity index is 197. The summed E-state index contributed by atoms with van der Waals surface area (Å²) >= 11 is 0. The molecule has 1 atom stereocenters. The number of hydrogen-bond acceptors (Lipinski definition) is 3. The highest BCUT2D eigenvalue weighted by molar-refractivity contribution is 5.66. The van der Waals surface area contributed by atoms with Gasteiger partial charge in [-0.3, -0.25) is 4.79 Å². The van der Waals surface area contributed by atoms with Crippen LogP contribution in [0.5, 0.6) is 0 Å². The predicted molar refractivity (Wildman–Crippen MR) is 48.3 cm³/mol. The van der Waals surface area contributed by atoms with Crippen LogP contribution in [-0.2, 0) is 9.59 Å². The third kappa shape index (κ3) is 8.76. The van der Waals surface area contributed by atoms with E-state index in [2.05, 4.69) is 4.99 Å². The number of rotatable bonds is 7. The van der Waals surface area contributed by atoms with Crippen molar-refractivity contribution in [2.45, 2.75) is 32.6 Å². The lowest BCUT2D eigenvalue weighted by molar-refractivity contribution is -0.137. The number of isocyanates is 1. The van der Waals surface area contributed by atoms with Crippen molar-refractivity contribution < 1.29 is 14.7 Å². The molecule has 0 aliphatic heterocycles. The lowest BCUT2D eigenvalue weighted by Crippen LogP contribution is -2.01. The minimum atomic E-state index is -0.752. The molecule has 13 heavy (non-hydrogen) atoms. The van der Waals surface area contributed by atoms with Crippen LogP contribution in [0.2, 0.25) is 0 Å². The van der Waals surface area contributed by atoms with Gasteiger partial charge in [0.1, 0.15) is 0 Å². The van der Waals surface area contributed by atoms with Crippen molar-refractivity contribution in [2.24, 2.45) is 10.9 Å². The monoisotopic (exact) mass is 185 g/mol. The van der Waals surface area contributed by atoms with Crippen LogP contribution in [0.1, 0.15) is 32.6 Å². The molecule has 0 aromatic carbocycles. The molecule has 4 nitrogen and oxygen atoms in total. The van der Waals surface area contributed by atoms with Crippen LogP contribution in [0, 0.1) is 5.92 Å². The molecule has 0 saturated heterocycles. The molecule has 4 heteroatoms. The van der Waals surface area contributed by atoms with Crippen molar-refractivity contribution in [3.63, 3.8) is 0 Å². The number of aliphatic imine (C=N–C) groups is 1. The van der Waals surface area contributed by atoms with Crippen molar-refractivity contribution in [3.05, 3.63) is 0 Å². The fraction of sp³-hybridized carbons (Fsp3) is 0.778. The standard InChI is InChI=1S/C9H15NO3/c1-8(4-5-9(12)13)3-2-6-10-7-11/h8H,2-6H2,1H3,(H,12,13). The van der Waals surface area contributed by atoms with Crippen molar-refractivity contribution in [3.8, 4) is 0 Å². The van der Waals surface area contributed by atoms with Crippen molar-refractivity contribution in [2.75, 3.05) is 6.54 Å². The number of nitrogens with zero attached hydrogens (tertiary/aromatic N) is 1. The van der Waals surface area contributed by atoms with Gasteiger partial charge in [-0.15, -0.1) is 0 Å². The molecule has 0 spiro atoms. The first-order chi connectivity index (χ1) is 6.16. The van der Waals surface area contributed by atoms with E-state index in [1.54, 1.807) is 0 Å². The molecule has 0 radical (unpaired) electrons. The number of carboxylic acids is 1. The van der Waals surface area contributed by atoms with Gasteiger partial charge in [0.2, 0.25) is 6.08 Å². The van der Waals surface area contributed by atoms with Crippen LogP contribution in [-0.4, -0.2) is 23.7 Å². The molecule has 0 amide bonds. The molecular formula is C9H15NO3. The first kappa shape index (κ1) is 11.8. The van der Waals surface area contributed by atoms with Gasteiger partial charge in [0, 0.05) is 6.42 Å². The summed E-state index contributed by atoms with van der Waals surface area (Å²) in [7, 11) is 0. The molecule has 0 fully saturated rings. The number of aliphatic carboxylic acids is 1. The normalized spacial score (nSPS) is 11.8. The number of carbonyl (C=O) groups excluding carboxylic acids is 1. The average molecular weight is 185 g/mol. The van der Waals surface area contributed by atoms with Crippen LogP contribution in [0.3, 0.4) is 0 Å². The topological polar surface area (TPSA) is 66.7 Å². The van der Waals surface area contributed by atoms with Gasteiger partial charge < -0.3 is 5.11 Å². The largest absolute Gasteiger partial charge is 0.481 e. The molecular weight excluding hydrogens is 170 g/mol. The average Bonchev–Trinajstić information content (AvgIpc) is 2.09. The van der Waals surface area contributed by atoms with Crippen LogP contribution < -0.4 is 0 Å². The summed E-state index contributed by atoms with van der Waals surface area (Å²) in [5.74, 6) is -0.365. The molecule has 0 heterocycles.